The number of carboxylic acids is 2. The molecule has 2 rings (SSSR count). The first kappa shape index (κ1) is 17.0. The van der Waals surface area contributed by atoms with E-state index in [-0.39, 0.29) is 33.8 Å². The maximum Gasteiger partial charge on any atom is 0.336 e. The van der Waals surface area contributed by atoms with Gasteiger partial charge >= 0.3 is 11.9 Å². The Balaban J connectivity index is 2.61. The fourth-order valence-corrected chi connectivity index (χ4v) is 2.20. The Hall–Kier alpha value is -3.35. The molecule has 0 aromatic heterocycles. The Morgan fingerprint density at radius 3 is 1.38 bits per heavy atom. The van der Waals surface area contributed by atoms with Crippen LogP contribution in [0, 0.1) is 0 Å². The molecule has 0 bridgehead atoms. The molecule has 2 aromatic rings. The second kappa shape index (κ2) is 6.82. The fraction of sp³-hybridized carbons (Fsp3) is 0.118. The highest BCUT2D eigenvalue weighted by atomic mass is 16.5. The molecule has 0 heterocycles. The molecule has 2 N–H and O–H groups in total. The number of ketones is 1. The van der Waals surface area contributed by atoms with Crippen molar-refractivity contribution >= 4 is 17.7 Å². The topological polar surface area (TPSA) is 110 Å². The Morgan fingerprint density at radius 2 is 1.08 bits per heavy atom. The predicted octanol–water partition coefficient (Wildman–Crippen LogP) is 2.33. The minimum Gasteiger partial charge on any atom is -0.497 e. The second-order valence-corrected chi connectivity index (χ2v) is 4.76. The largest absolute Gasteiger partial charge is 0.497 e. The summed E-state index contributed by atoms with van der Waals surface area (Å²) in [4.78, 5) is 35.5. The van der Waals surface area contributed by atoms with Gasteiger partial charge in [0, 0.05) is 11.1 Å². The van der Waals surface area contributed by atoms with Crippen molar-refractivity contribution < 1.29 is 34.1 Å². The number of carbonyl (C=O) groups excluding carboxylic acids is 1. The van der Waals surface area contributed by atoms with Gasteiger partial charge in [-0.25, -0.2) is 9.59 Å². The summed E-state index contributed by atoms with van der Waals surface area (Å²) in [5, 5.41) is 18.6. The quantitative estimate of drug-likeness (QED) is 0.782. The monoisotopic (exact) mass is 330 g/mol. The van der Waals surface area contributed by atoms with Gasteiger partial charge in [0.1, 0.15) is 11.5 Å². The predicted molar refractivity (Wildman–Crippen MR) is 83.3 cm³/mol. The number of carboxylic acid groups (broad SMARTS) is 2. The van der Waals surface area contributed by atoms with Gasteiger partial charge in [-0.2, -0.15) is 0 Å². The molecule has 0 aliphatic rings. The first-order valence-electron chi connectivity index (χ1n) is 6.76. The molecule has 0 aliphatic heterocycles. The molecule has 2 aromatic carbocycles. The molecule has 0 unspecified atom stereocenters. The van der Waals surface area contributed by atoms with Gasteiger partial charge in [-0.1, -0.05) is 0 Å². The van der Waals surface area contributed by atoms with E-state index in [2.05, 4.69) is 0 Å². The lowest BCUT2D eigenvalue weighted by molar-refractivity contribution is 0.0686. The number of methoxy groups -OCH3 is 2. The molecule has 7 nitrogen and oxygen atoms in total. The number of ether oxygens (including phenoxy) is 2. The van der Waals surface area contributed by atoms with Gasteiger partial charge in [0.05, 0.1) is 25.3 Å². The number of rotatable bonds is 6. The van der Waals surface area contributed by atoms with E-state index in [1.54, 1.807) is 0 Å². The van der Waals surface area contributed by atoms with Gasteiger partial charge in [-0.15, -0.1) is 0 Å². The molecular weight excluding hydrogens is 316 g/mol. The van der Waals surface area contributed by atoms with Crippen LogP contribution in [0.25, 0.3) is 0 Å². The summed E-state index contributed by atoms with van der Waals surface area (Å²) in [6, 6.07) is 7.87. The lowest BCUT2D eigenvalue weighted by Gasteiger charge is -2.10. The summed E-state index contributed by atoms with van der Waals surface area (Å²) in [6.45, 7) is 0. The molecule has 7 heteroatoms. The Bertz CT molecular complexity index is 756. The Morgan fingerprint density at radius 1 is 0.708 bits per heavy atom. The van der Waals surface area contributed by atoms with Crippen LogP contribution in [-0.2, 0) is 0 Å². The highest BCUT2D eigenvalue weighted by Gasteiger charge is 2.23. The number of hydrogen-bond acceptors (Lipinski definition) is 5. The molecule has 0 radical (unpaired) electrons. The number of aromatic carboxylic acids is 2. The third-order valence-electron chi connectivity index (χ3n) is 3.40. The third kappa shape index (κ3) is 3.19. The number of hydrogen-bond donors (Lipinski definition) is 2. The fourth-order valence-electron chi connectivity index (χ4n) is 2.20. The summed E-state index contributed by atoms with van der Waals surface area (Å²) < 4.78 is 9.90. The Kier molecular flexibility index (Phi) is 4.84. The first-order valence-corrected chi connectivity index (χ1v) is 6.76. The van der Waals surface area contributed by atoms with Gasteiger partial charge in [0.25, 0.3) is 0 Å². The van der Waals surface area contributed by atoms with E-state index in [0.717, 1.165) is 0 Å². The molecule has 0 amide bonds. The van der Waals surface area contributed by atoms with E-state index in [1.165, 1.54) is 50.6 Å². The van der Waals surface area contributed by atoms with Crippen LogP contribution >= 0.6 is 0 Å². The molecular formula is C17H14O7. The average Bonchev–Trinajstić information content (AvgIpc) is 2.59. The van der Waals surface area contributed by atoms with Gasteiger partial charge in [0.15, 0.2) is 5.78 Å². The van der Waals surface area contributed by atoms with Gasteiger partial charge in [0.2, 0.25) is 0 Å². The highest BCUT2D eigenvalue weighted by Crippen LogP contribution is 2.24. The molecule has 0 saturated carbocycles. The van der Waals surface area contributed by atoms with E-state index < -0.39 is 17.7 Å². The van der Waals surface area contributed by atoms with E-state index in [4.69, 9.17) is 9.47 Å². The second-order valence-electron chi connectivity index (χ2n) is 4.76. The van der Waals surface area contributed by atoms with Gasteiger partial charge in [-0.05, 0) is 36.4 Å². The summed E-state index contributed by atoms with van der Waals surface area (Å²) >= 11 is 0. The summed E-state index contributed by atoms with van der Waals surface area (Å²) in [6.07, 6.45) is 0. The maximum atomic E-state index is 12.7. The van der Waals surface area contributed by atoms with Crippen LogP contribution < -0.4 is 9.47 Å². The van der Waals surface area contributed by atoms with Crippen molar-refractivity contribution in [1.29, 1.82) is 0 Å². The summed E-state index contributed by atoms with van der Waals surface area (Å²) in [5.41, 5.74) is -0.801. The first-order chi connectivity index (χ1) is 11.4. The lowest BCUT2D eigenvalue weighted by Crippen LogP contribution is -2.14. The van der Waals surface area contributed by atoms with Gasteiger partial charge < -0.3 is 19.7 Å². The van der Waals surface area contributed by atoms with Crippen LogP contribution in [0.3, 0.4) is 0 Å². The molecule has 0 fully saturated rings. The third-order valence-corrected chi connectivity index (χ3v) is 3.40. The summed E-state index contributed by atoms with van der Waals surface area (Å²) in [7, 11) is 2.74. The van der Waals surface area contributed by atoms with Crippen molar-refractivity contribution in [3.05, 3.63) is 58.7 Å². The van der Waals surface area contributed by atoms with E-state index in [0.29, 0.717) is 0 Å². The lowest BCUT2D eigenvalue weighted by atomic mass is 9.94. The molecule has 0 atom stereocenters. The normalized spacial score (nSPS) is 10.1. The van der Waals surface area contributed by atoms with E-state index in [1.807, 2.05) is 0 Å². The zero-order valence-electron chi connectivity index (χ0n) is 12.9. The van der Waals surface area contributed by atoms with Crippen LogP contribution in [0.4, 0.5) is 0 Å². The zero-order chi connectivity index (χ0) is 17.9. The van der Waals surface area contributed by atoms with Crippen LogP contribution in [-0.4, -0.2) is 42.2 Å². The molecule has 0 aliphatic carbocycles. The van der Waals surface area contributed by atoms with Crippen molar-refractivity contribution in [2.45, 2.75) is 0 Å². The maximum absolute atomic E-state index is 12.7. The number of carbonyl (C=O) groups is 3. The van der Waals surface area contributed by atoms with Crippen molar-refractivity contribution in [3.8, 4) is 11.5 Å². The van der Waals surface area contributed by atoms with Crippen molar-refractivity contribution in [3.63, 3.8) is 0 Å². The Labute approximate surface area is 137 Å². The minimum atomic E-state index is -1.32. The van der Waals surface area contributed by atoms with Gasteiger partial charge in [-0.3, -0.25) is 4.79 Å². The van der Waals surface area contributed by atoms with Crippen LogP contribution in [0.1, 0.15) is 36.6 Å². The van der Waals surface area contributed by atoms with Crippen molar-refractivity contribution in [2.24, 2.45) is 0 Å². The molecule has 0 saturated heterocycles. The van der Waals surface area contributed by atoms with Crippen LogP contribution in [0.5, 0.6) is 11.5 Å². The van der Waals surface area contributed by atoms with Crippen molar-refractivity contribution in [2.75, 3.05) is 14.2 Å². The molecule has 124 valence electrons. The van der Waals surface area contributed by atoms with E-state index >= 15 is 0 Å². The SMILES string of the molecule is COc1ccc(C(=O)c2ccc(OC)cc2C(=O)O)c(C(=O)O)c1. The van der Waals surface area contributed by atoms with Crippen molar-refractivity contribution in [1.82, 2.24) is 0 Å². The smallest absolute Gasteiger partial charge is 0.336 e. The van der Waals surface area contributed by atoms with Crippen LogP contribution in [0.15, 0.2) is 36.4 Å². The number of benzene rings is 2. The summed E-state index contributed by atoms with van der Waals surface area (Å²) in [5.74, 6) is -2.80. The highest BCUT2D eigenvalue weighted by molar-refractivity contribution is 6.18. The zero-order valence-corrected chi connectivity index (χ0v) is 12.9. The average molecular weight is 330 g/mol. The van der Waals surface area contributed by atoms with Crippen LogP contribution in [0.2, 0.25) is 0 Å². The van der Waals surface area contributed by atoms with E-state index in [9.17, 15) is 24.6 Å². The molecule has 0 spiro atoms. The molecule has 24 heavy (non-hydrogen) atoms. The minimum absolute atomic E-state index is 0.129. The standard InChI is InChI=1S/C17H14O7/c1-23-9-3-5-11(13(7-9)16(19)20)15(18)12-6-4-10(24-2)8-14(12)17(21)22/h3-8H,1-2H3,(H,19,20)(H,21,22).